The Balaban J connectivity index is 1.46. The molecule has 4 aromatic carbocycles. The van der Waals surface area contributed by atoms with E-state index in [1.54, 1.807) is 0 Å². The molecule has 3 aromatic heterocycles. The van der Waals surface area contributed by atoms with Crippen molar-refractivity contribution in [2.75, 3.05) is 0 Å². The van der Waals surface area contributed by atoms with Crippen LogP contribution in [0.3, 0.4) is 0 Å². The maximum absolute atomic E-state index is 9.38. The average Bonchev–Trinajstić information content (AvgIpc) is 3.31. The number of benzene rings is 4. The summed E-state index contributed by atoms with van der Waals surface area (Å²) in [6.45, 7) is 0. The molecule has 0 saturated carbocycles. The molecule has 162 valence electrons. The second-order valence-corrected chi connectivity index (χ2v) is 8.59. The summed E-state index contributed by atoms with van der Waals surface area (Å²) in [6, 6.07) is 34.5. The van der Waals surface area contributed by atoms with Gasteiger partial charge in [-0.3, -0.25) is 4.98 Å². The number of hydrogen-bond donors (Lipinski definition) is 0. The maximum Gasteiger partial charge on any atom is 0.136 e. The fourth-order valence-corrected chi connectivity index (χ4v) is 4.87. The van der Waals surface area contributed by atoms with Crippen LogP contribution >= 0.6 is 0 Å². The highest BCUT2D eigenvalue weighted by Gasteiger charge is 2.14. The lowest BCUT2D eigenvalue weighted by Gasteiger charge is -2.07. The molecule has 0 radical (unpaired) electrons. The zero-order valence-corrected chi connectivity index (χ0v) is 18.6. The van der Waals surface area contributed by atoms with E-state index in [-0.39, 0.29) is 0 Å². The van der Waals surface area contributed by atoms with E-state index >= 15 is 0 Å². The number of fused-ring (bicyclic) bond motifs is 6. The Morgan fingerprint density at radius 3 is 2.46 bits per heavy atom. The molecular formula is C31H17N3O. The lowest BCUT2D eigenvalue weighted by atomic mass is 9.97. The van der Waals surface area contributed by atoms with Gasteiger partial charge in [0.2, 0.25) is 0 Å². The number of aromatic nitrogens is 2. The molecule has 0 aliphatic carbocycles. The summed E-state index contributed by atoms with van der Waals surface area (Å²) >= 11 is 0. The molecule has 0 atom stereocenters. The van der Waals surface area contributed by atoms with Crippen LogP contribution in [0.15, 0.2) is 108 Å². The molecule has 4 heteroatoms. The highest BCUT2D eigenvalue weighted by atomic mass is 16.3. The van der Waals surface area contributed by atoms with Crippen LogP contribution in [-0.2, 0) is 0 Å². The first kappa shape index (κ1) is 19.5. The van der Waals surface area contributed by atoms with Crippen molar-refractivity contribution < 1.29 is 4.42 Å². The summed E-state index contributed by atoms with van der Waals surface area (Å²) in [6.07, 6.45) is 1.81. The number of nitriles is 1. The highest BCUT2D eigenvalue weighted by molar-refractivity contribution is 6.13. The van der Waals surface area contributed by atoms with Crippen LogP contribution in [0.2, 0.25) is 0 Å². The van der Waals surface area contributed by atoms with Gasteiger partial charge < -0.3 is 4.42 Å². The minimum atomic E-state index is 0.634. The van der Waals surface area contributed by atoms with Crippen molar-refractivity contribution in [1.29, 1.82) is 5.26 Å². The Kier molecular flexibility index (Phi) is 4.18. The van der Waals surface area contributed by atoms with Crippen molar-refractivity contribution in [1.82, 2.24) is 9.97 Å². The van der Waals surface area contributed by atoms with Crippen LogP contribution in [0.1, 0.15) is 5.56 Å². The molecule has 7 aromatic rings. The first-order chi connectivity index (χ1) is 17.3. The van der Waals surface area contributed by atoms with Crippen LogP contribution in [0.4, 0.5) is 0 Å². The van der Waals surface area contributed by atoms with Gasteiger partial charge >= 0.3 is 0 Å². The van der Waals surface area contributed by atoms with Gasteiger partial charge in [-0.2, -0.15) is 5.26 Å². The molecule has 0 bridgehead atoms. The van der Waals surface area contributed by atoms with Crippen molar-refractivity contribution >= 4 is 43.7 Å². The van der Waals surface area contributed by atoms with Crippen LogP contribution < -0.4 is 0 Å². The van der Waals surface area contributed by atoms with Crippen molar-refractivity contribution in [3.05, 3.63) is 109 Å². The van der Waals surface area contributed by atoms with E-state index in [1.807, 2.05) is 60.8 Å². The SMILES string of the molecule is N#Cc1cccc(-c2cccc3oc4ccc(-c5ccc6ccc7cccnc7c6n5)cc4c23)c1. The largest absolute Gasteiger partial charge is 0.456 e. The Hall–Kier alpha value is -5.01. The first-order valence-electron chi connectivity index (χ1n) is 11.4. The summed E-state index contributed by atoms with van der Waals surface area (Å²) in [5.41, 5.74) is 7.99. The number of rotatable bonds is 2. The maximum atomic E-state index is 9.38. The van der Waals surface area contributed by atoms with Crippen LogP contribution in [0.5, 0.6) is 0 Å². The average molecular weight is 447 g/mol. The number of hydrogen-bond acceptors (Lipinski definition) is 4. The third kappa shape index (κ3) is 3.07. The molecule has 0 unspecified atom stereocenters. The van der Waals surface area contributed by atoms with Crippen molar-refractivity contribution in [2.24, 2.45) is 0 Å². The lowest BCUT2D eigenvalue weighted by molar-refractivity contribution is 0.669. The summed E-state index contributed by atoms with van der Waals surface area (Å²) in [5, 5.41) is 13.6. The van der Waals surface area contributed by atoms with E-state index in [0.717, 1.165) is 66.1 Å². The summed E-state index contributed by atoms with van der Waals surface area (Å²) in [4.78, 5) is 9.60. The van der Waals surface area contributed by atoms with Gasteiger partial charge in [-0.25, -0.2) is 4.98 Å². The Morgan fingerprint density at radius 1 is 0.686 bits per heavy atom. The molecular weight excluding hydrogens is 430 g/mol. The summed E-state index contributed by atoms with van der Waals surface area (Å²) < 4.78 is 6.19. The summed E-state index contributed by atoms with van der Waals surface area (Å²) in [7, 11) is 0. The van der Waals surface area contributed by atoms with Gasteiger partial charge in [-0.15, -0.1) is 0 Å². The van der Waals surface area contributed by atoms with Gasteiger partial charge in [0.15, 0.2) is 0 Å². The van der Waals surface area contributed by atoms with Crippen molar-refractivity contribution in [2.45, 2.75) is 0 Å². The van der Waals surface area contributed by atoms with Crippen LogP contribution in [-0.4, -0.2) is 9.97 Å². The van der Waals surface area contributed by atoms with E-state index < -0.39 is 0 Å². The Morgan fingerprint density at radius 2 is 1.54 bits per heavy atom. The minimum Gasteiger partial charge on any atom is -0.456 e. The second kappa shape index (κ2) is 7.51. The van der Waals surface area contributed by atoms with E-state index in [4.69, 9.17) is 9.40 Å². The predicted molar refractivity (Wildman–Crippen MR) is 140 cm³/mol. The molecule has 35 heavy (non-hydrogen) atoms. The molecule has 0 fully saturated rings. The predicted octanol–water partition coefficient (Wildman–Crippen LogP) is 7.89. The monoisotopic (exact) mass is 447 g/mol. The number of pyridine rings is 2. The van der Waals surface area contributed by atoms with Crippen LogP contribution in [0.25, 0.3) is 66.1 Å². The minimum absolute atomic E-state index is 0.634. The zero-order valence-electron chi connectivity index (χ0n) is 18.6. The topological polar surface area (TPSA) is 62.7 Å². The van der Waals surface area contributed by atoms with Crippen LogP contribution in [0, 0.1) is 11.3 Å². The van der Waals surface area contributed by atoms with E-state index in [1.165, 1.54) is 0 Å². The Bertz CT molecular complexity index is 1980. The van der Waals surface area contributed by atoms with E-state index in [9.17, 15) is 5.26 Å². The van der Waals surface area contributed by atoms with Crippen molar-refractivity contribution in [3.8, 4) is 28.5 Å². The zero-order chi connectivity index (χ0) is 23.4. The van der Waals surface area contributed by atoms with E-state index in [0.29, 0.717) is 5.56 Å². The third-order valence-corrected chi connectivity index (χ3v) is 6.53. The second-order valence-electron chi connectivity index (χ2n) is 8.59. The molecule has 0 aliphatic heterocycles. The fourth-order valence-electron chi connectivity index (χ4n) is 4.87. The molecule has 3 heterocycles. The van der Waals surface area contributed by atoms with Gasteiger partial charge in [0.25, 0.3) is 0 Å². The van der Waals surface area contributed by atoms with Gasteiger partial charge in [-0.1, -0.05) is 48.5 Å². The molecule has 4 nitrogen and oxygen atoms in total. The molecule has 0 amide bonds. The molecule has 0 aliphatic rings. The van der Waals surface area contributed by atoms with Gasteiger partial charge in [-0.05, 0) is 59.7 Å². The third-order valence-electron chi connectivity index (χ3n) is 6.53. The molecule has 0 saturated heterocycles. The quantitative estimate of drug-likeness (QED) is 0.253. The smallest absolute Gasteiger partial charge is 0.136 e. The number of furan rings is 1. The van der Waals surface area contributed by atoms with Gasteiger partial charge in [0, 0.05) is 33.3 Å². The fraction of sp³-hybridized carbons (Fsp3) is 0. The molecule has 0 spiro atoms. The standard InChI is InChI=1S/C31H17N3O/c32-18-19-4-1-5-22(16-19)24-7-2-8-28-29(24)25-17-23(12-14-27(25)35-28)26-13-11-21-10-9-20-6-3-15-33-30(20)31(21)34-26/h1-17H. The number of nitrogens with zero attached hydrogens (tertiary/aromatic N) is 3. The summed E-state index contributed by atoms with van der Waals surface area (Å²) in [5.74, 6) is 0. The molecule has 7 rings (SSSR count). The first-order valence-corrected chi connectivity index (χ1v) is 11.4. The normalized spacial score (nSPS) is 11.4. The highest BCUT2D eigenvalue weighted by Crippen LogP contribution is 2.38. The van der Waals surface area contributed by atoms with Gasteiger partial charge in [0.05, 0.1) is 28.4 Å². The van der Waals surface area contributed by atoms with Crippen molar-refractivity contribution in [3.63, 3.8) is 0 Å². The van der Waals surface area contributed by atoms with Gasteiger partial charge in [0.1, 0.15) is 11.2 Å². The lowest BCUT2D eigenvalue weighted by Crippen LogP contribution is -1.88. The molecule has 0 N–H and O–H groups in total. The Labute approximate surface area is 200 Å². The van der Waals surface area contributed by atoms with E-state index in [2.05, 4.69) is 53.5 Å².